The number of nitrogens with one attached hydrogen (secondary N) is 3. The Hall–Kier alpha value is -4.67. The number of carbonyl (C=O) groups excluding carboxylic acids is 4. The molecule has 0 spiro atoms. The molecule has 3 aromatic rings. The summed E-state index contributed by atoms with van der Waals surface area (Å²) < 4.78 is 10.0. The monoisotopic (exact) mass is 563 g/mol. The number of aromatic amines is 1. The van der Waals surface area contributed by atoms with Gasteiger partial charge in [-0.3, -0.25) is 14.4 Å². The summed E-state index contributed by atoms with van der Waals surface area (Å²) in [5.41, 5.74) is 2.00. The van der Waals surface area contributed by atoms with E-state index >= 15 is 0 Å². The second-order valence-electron chi connectivity index (χ2n) is 10.1. The van der Waals surface area contributed by atoms with Crippen molar-refractivity contribution in [3.63, 3.8) is 0 Å². The van der Waals surface area contributed by atoms with E-state index in [1.54, 1.807) is 6.20 Å². The molecule has 1 aromatic heterocycles. The number of aromatic nitrogens is 2. The quantitative estimate of drug-likeness (QED) is 0.256. The number of nitrogens with zero attached hydrogens (tertiary/aromatic N) is 2. The number of hydrogen-bond donors (Lipinski definition) is 3. The zero-order chi connectivity index (χ0) is 29.7. The van der Waals surface area contributed by atoms with Crippen LogP contribution >= 0.6 is 0 Å². The molecule has 1 heterocycles. The number of hydrogen-bond acceptors (Lipinski definition) is 7. The molecule has 11 heteroatoms. The molecule has 0 bridgehead atoms. The fraction of sp³-hybridized carbons (Fsp3) is 0.367. The highest BCUT2D eigenvalue weighted by atomic mass is 16.5. The molecule has 1 atom stereocenters. The van der Waals surface area contributed by atoms with Crippen molar-refractivity contribution in [1.29, 1.82) is 0 Å². The lowest BCUT2D eigenvalue weighted by atomic mass is 9.84. The van der Waals surface area contributed by atoms with Crippen LogP contribution in [0.5, 0.6) is 0 Å². The van der Waals surface area contributed by atoms with E-state index in [4.69, 9.17) is 9.47 Å². The van der Waals surface area contributed by atoms with Crippen molar-refractivity contribution in [2.75, 3.05) is 26.7 Å². The van der Waals surface area contributed by atoms with Crippen LogP contribution in [0, 0.1) is 0 Å². The molecule has 3 rings (SSSR count). The van der Waals surface area contributed by atoms with Crippen LogP contribution in [0.4, 0.5) is 4.79 Å². The Balaban J connectivity index is 1.71. The van der Waals surface area contributed by atoms with Gasteiger partial charge in [-0.05, 0) is 11.1 Å². The smallest absolute Gasteiger partial charge is 0.408 e. The Morgan fingerprint density at radius 2 is 1.71 bits per heavy atom. The van der Waals surface area contributed by atoms with E-state index in [9.17, 15) is 19.2 Å². The van der Waals surface area contributed by atoms with Crippen molar-refractivity contribution < 1.29 is 28.7 Å². The predicted octanol–water partition coefficient (Wildman–Crippen LogP) is 2.73. The highest BCUT2D eigenvalue weighted by Crippen LogP contribution is 2.21. The van der Waals surface area contributed by atoms with Gasteiger partial charge in [0.25, 0.3) is 0 Å². The van der Waals surface area contributed by atoms with Gasteiger partial charge in [0.1, 0.15) is 12.6 Å². The number of carbonyl (C=O) groups is 4. The first kappa shape index (κ1) is 30.9. The van der Waals surface area contributed by atoms with Crippen LogP contribution in [0.2, 0.25) is 0 Å². The molecule has 218 valence electrons. The second-order valence-corrected chi connectivity index (χ2v) is 10.1. The fourth-order valence-corrected chi connectivity index (χ4v) is 4.07. The van der Waals surface area contributed by atoms with Crippen LogP contribution in [-0.2, 0) is 42.3 Å². The predicted molar refractivity (Wildman–Crippen MR) is 152 cm³/mol. The van der Waals surface area contributed by atoms with Gasteiger partial charge in [0.15, 0.2) is 0 Å². The maximum Gasteiger partial charge on any atom is 0.408 e. The van der Waals surface area contributed by atoms with Crippen molar-refractivity contribution in [1.82, 2.24) is 25.5 Å². The molecule has 2 aromatic carbocycles. The minimum absolute atomic E-state index is 0.0155. The molecule has 41 heavy (non-hydrogen) atoms. The van der Waals surface area contributed by atoms with Crippen LogP contribution in [-0.4, -0.2) is 71.5 Å². The third-order valence-corrected chi connectivity index (χ3v) is 6.51. The number of imidazole rings is 1. The van der Waals surface area contributed by atoms with Crippen LogP contribution in [0.3, 0.4) is 0 Å². The number of ether oxygens (including phenoxy) is 2. The number of amides is 3. The second kappa shape index (κ2) is 15.2. The lowest BCUT2D eigenvalue weighted by molar-refractivity contribution is -0.143. The normalized spacial score (nSPS) is 11.7. The Kier molecular flexibility index (Phi) is 11.4. The SMILES string of the molecule is COC(=O)CCN(CC(=O)NCC(C)(C)c1ccccc1)C(=O)[C@H](Cc1c[nH]cn1)NC(=O)OCc1ccccc1. The number of alkyl carbamates (subject to hydrolysis) is 1. The van der Waals surface area contributed by atoms with Gasteiger partial charge < -0.3 is 30.0 Å². The largest absolute Gasteiger partial charge is 0.469 e. The van der Waals surface area contributed by atoms with Crippen LogP contribution < -0.4 is 10.6 Å². The third kappa shape index (κ3) is 10.1. The molecule has 3 amide bonds. The van der Waals surface area contributed by atoms with Crippen molar-refractivity contribution >= 4 is 23.9 Å². The van der Waals surface area contributed by atoms with Gasteiger partial charge in [0, 0.05) is 31.1 Å². The Labute approximate surface area is 239 Å². The summed E-state index contributed by atoms with van der Waals surface area (Å²) >= 11 is 0. The van der Waals surface area contributed by atoms with Crippen molar-refractivity contribution in [2.45, 2.75) is 44.8 Å². The first-order valence-corrected chi connectivity index (χ1v) is 13.3. The minimum Gasteiger partial charge on any atom is -0.469 e. The van der Waals surface area contributed by atoms with E-state index in [1.807, 2.05) is 74.5 Å². The molecular weight excluding hydrogens is 526 g/mol. The van der Waals surface area contributed by atoms with Gasteiger partial charge >= 0.3 is 12.1 Å². The summed E-state index contributed by atoms with van der Waals surface area (Å²) in [5.74, 6) is -1.50. The molecule has 0 saturated heterocycles. The molecule has 0 saturated carbocycles. The van der Waals surface area contributed by atoms with Gasteiger partial charge in [-0.25, -0.2) is 9.78 Å². The van der Waals surface area contributed by atoms with E-state index in [0.29, 0.717) is 12.2 Å². The zero-order valence-electron chi connectivity index (χ0n) is 23.6. The topological polar surface area (TPSA) is 143 Å². The number of methoxy groups -OCH3 is 1. The average Bonchev–Trinajstić information content (AvgIpc) is 3.50. The van der Waals surface area contributed by atoms with Crippen molar-refractivity contribution in [3.05, 3.63) is 90.0 Å². The van der Waals surface area contributed by atoms with E-state index in [-0.39, 0.29) is 38.0 Å². The van der Waals surface area contributed by atoms with Crippen molar-refractivity contribution in [3.8, 4) is 0 Å². The van der Waals surface area contributed by atoms with Crippen LogP contribution in [0.15, 0.2) is 73.2 Å². The highest BCUT2D eigenvalue weighted by Gasteiger charge is 2.30. The number of H-pyrrole nitrogens is 1. The lowest BCUT2D eigenvalue weighted by Crippen LogP contribution is -2.53. The Bertz CT molecular complexity index is 1270. The van der Waals surface area contributed by atoms with Gasteiger partial charge in [-0.15, -0.1) is 0 Å². The molecule has 3 N–H and O–H groups in total. The third-order valence-electron chi connectivity index (χ3n) is 6.51. The Morgan fingerprint density at radius 3 is 2.34 bits per heavy atom. The average molecular weight is 564 g/mol. The molecule has 11 nitrogen and oxygen atoms in total. The first-order valence-electron chi connectivity index (χ1n) is 13.3. The van der Waals surface area contributed by atoms with Crippen LogP contribution in [0.1, 0.15) is 37.1 Å². The first-order chi connectivity index (χ1) is 19.7. The maximum atomic E-state index is 13.7. The van der Waals surface area contributed by atoms with Gasteiger partial charge in [-0.2, -0.15) is 0 Å². The van der Waals surface area contributed by atoms with E-state index < -0.39 is 29.9 Å². The van der Waals surface area contributed by atoms with Gasteiger partial charge in [-0.1, -0.05) is 74.5 Å². The summed E-state index contributed by atoms with van der Waals surface area (Å²) in [6.07, 6.45) is 2.18. The molecular formula is C30H37N5O6. The standard InChI is InChI=1S/C30H37N5O6/c1-30(2,23-12-8-5-9-13-23)20-32-26(36)18-35(15-14-27(37)40-3)28(38)25(16-24-17-31-21-33-24)34-29(39)41-19-22-10-6-4-7-11-22/h4-13,17,21,25H,14-16,18-20H2,1-3H3,(H,31,33)(H,32,36)(H,34,39)/t25-/m0/s1. The van der Waals surface area contributed by atoms with E-state index in [0.717, 1.165) is 11.1 Å². The summed E-state index contributed by atoms with van der Waals surface area (Å²) in [4.78, 5) is 59.5. The number of rotatable bonds is 14. The number of benzene rings is 2. The molecule has 0 aliphatic heterocycles. The maximum absolute atomic E-state index is 13.7. The summed E-state index contributed by atoms with van der Waals surface area (Å²) in [6, 6.07) is 17.8. The van der Waals surface area contributed by atoms with Gasteiger partial charge in [0.05, 0.1) is 32.1 Å². The van der Waals surface area contributed by atoms with Crippen LogP contribution in [0.25, 0.3) is 0 Å². The molecule has 0 radical (unpaired) electrons. The van der Waals surface area contributed by atoms with E-state index in [1.165, 1.54) is 18.3 Å². The molecule has 0 fully saturated rings. The van der Waals surface area contributed by atoms with E-state index in [2.05, 4.69) is 20.6 Å². The molecule has 0 aliphatic carbocycles. The summed E-state index contributed by atoms with van der Waals surface area (Å²) in [5, 5.41) is 5.50. The molecule has 0 aliphatic rings. The highest BCUT2D eigenvalue weighted by molar-refractivity contribution is 5.90. The van der Waals surface area contributed by atoms with Gasteiger partial charge in [0.2, 0.25) is 11.8 Å². The number of esters is 1. The fourth-order valence-electron chi connectivity index (χ4n) is 4.07. The molecule has 0 unspecified atom stereocenters. The van der Waals surface area contributed by atoms with Crippen molar-refractivity contribution in [2.24, 2.45) is 0 Å². The lowest BCUT2D eigenvalue weighted by Gasteiger charge is -2.29. The minimum atomic E-state index is -1.10. The summed E-state index contributed by atoms with van der Waals surface area (Å²) in [6.45, 7) is 3.95. The summed E-state index contributed by atoms with van der Waals surface area (Å²) in [7, 11) is 1.25. The Morgan fingerprint density at radius 1 is 1.02 bits per heavy atom. The zero-order valence-corrected chi connectivity index (χ0v) is 23.6.